The molecule has 0 saturated carbocycles. The third-order valence-corrected chi connectivity index (χ3v) is 1.72. The van der Waals surface area contributed by atoms with Crippen LogP contribution in [0, 0.1) is 0 Å². The Hall–Kier alpha value is -1.32. The molecule has 1 N–H and O–H groups in total. The first kappa shape index (κ1) is 8.77. The molecule has 0 amide bonds. The number of carboxylic acid groups (broad SMARTS) is 1. The van der Waals surface area contributed by atoms with Gasteiger partial charge in [-0.2, -0.15) is 5.10 Å². The molecule has 0 aliphatic rings. The summed E-state index contributed by atoms with van der Waals surface area (Å²) in [5.41, 5.74) is 1.69. The lowest BCUT2D eigenvalue weighted by Crippen LogP contribution is -2.05. The molecule has 0 bridgehead atoms. The second-order valence-corrected chi connectivity index (χ2v) is 2.67. The highest BCUT2D eigenvalue weighted by Crippen LogP contribution is 2.04. The largest absolute Gasteiger partial charge is 0.481 e. The highest BCUT2D eigenvalue weighted by Gasteiger charge is 2.06. The fraction of sp³-hybridized carbons (Fsp3) is 0.500. The quantitative estimate of drug-likeness (QED) is 0.719. The molecule has 12 heavy (non-hydrogen) atoms. The molecule has 0 unspecified atom stereocenters. The maximum atomic E-state index is 10.4. The van der Waals surface area contributed by atoms with Crippen LogP contribution in [0.5, 0.6) is 0 Å². The van der Waals surface area contributed by atoms with Crippen molar-refractivity contribution >= 4 is 5.97 Å². The summed E-state index contributed by atoms with van der Waals surface area (Å²) in [6.45, 7) is 1.99. The predicted octanol–water partition coefficient (Wildman–Crippen LogP) is 0.610. The third-order valence-electron chi connectivity index (χ3n) is 1.72. The van der Waals surface area contributed by atoms with E-state index in [4.69, 9.17) is 5.11 Å². The molecule has 1 aromatic rings. The Labute approximate surface area is 70.8 Å². The van der Waals surface area contributed by atoms with Crippen molar-refractivity contribution < 1.29 is 9.90 Å². The van der Waals surface area contributed by atoms with Crippen LogP contribution in [0.2, 0.25) is 0 Å². The predicted molar refractivity (Wildman–Crippen MR) is 43.9 cm³/mol. The number of hydrogen-bond donors (Lipinski definition) is 1. The monoisotopic (exact) mass is 168 g/mol. The summed E-state index contributed by atoms with van der Waals surface area (Å²) in [6.07, 6.45) is 0.886. The minimum Gasteiger partial charge on any atom is -0.481 e. The Bertz CT molecular complexity index is 291. The average molecular weight is 168 g/mol. The zero-order valence-corrected chi connectivity index (χ0v) is 7.24. The lowest BCUT2D eigenvalue weighted by molar-refractivity contribution is -0.136. The molecular formula is C8H12N2O2. The Balaban J connectivity index is 2.84. The van der Waals surface area contributed by atoms with Gasteiger partial charge in [0.05, 0.1) is 12.1 Å². The fourth-order valence-electron chi connectivity index (χ4n) is 1.06. The van der Waals surface area contributed by atoms with Crippen molar-refractivity contribution in [2.45, 2.75) is 19.8 Å². The second kappa shape index (κ2) is 3.38. The Morgan fingerprint density at radius 1 is 1.75 bits per heavy atom. The highest BCUT2D eigenvalue weighted by atomic mass is 16.4. The van der Waals surface area contributed by atoms with E-state index in [1.165, 1.54) is 0 Å². The standard InChI is InChI=1S/C8H12N2O2/c1-3-6-4-7(5-8(11)12)10(2)9-6/h4H,3,5H2,1-2H3,(H,11,12). The van der Waals surface area contributed by atoms with Gasteiger partial charge in [0.1, 0.15) is 0 Å². The number of rotatable bonds is 3. The summed E-state index contributed by atoms with van der Waals surface area (Å²) in [5.74, 6) is -0.819. The van der Waals surface area contributed by atoms with Crippen LogP contribution in [0.4, 0.5) is 0 Å². The Kier molecular flexibility index (Phi) is 2.47. The van der Waals surface area contributed by atoms with Gasteiger partial charge in [-0.3, -0.25) is 9.48 Å². The molecule has 0 radical (unpaired) electrons. The summed E-state index contributed by atoms with van der Waals surface area (Å²) in [7, 11) is 1.76. The first-order chi connectivity index (χ1) is 5.63. The average Bonchev–Trinajstić information content (AvgIpc) is 2.31. The van der Waals surface area contributed by atoms with Gasteiger partial charge in [-0.15, -0.1) is 0 Å². The number of nitrogens with zero attached hydrogens (tertiary/aromatic N) is 2. The molecule has 66 valence electrons. The molecule has 0 fully saturated rings. The van der Waals surface area contributed by atoms with E-state index in [9.17, 15) is 4.79 Å². The van der Waals surface area contributed by atoms with Crippen molar-refractivity contribution in [1.29, 1.82) is 0 Å². The third kappa shape index (κ3) is 1.84. The number of aryl methyl sites for hydroxylation is 2. The summed E-state index contributed by atoms with van der Waals surface area (Å²) in [4.78, 5) is 10.4. The molecule has 0 aromatic carbocycles. The van der Waals surface area contributed by atoms with E-state index < -0.39 is 5.97 Å². The van der Waals surface area contributed by atoms with Crippen LogP contribution < -0.4 is 0 Å². The van der Waals surface area contributed by atoms with Crippen LogP contribution in [0.25, 0.3) is 0 Å². The first-order valence-electron chi connectivity index (χ1n) is 3.87. The van der Waals surface area contributed by atoms with Gasteiger partial charge in [0.25, 0.3) is 0 Å². The first-order valence-corrected chi connectivity index (χ1v) is 3.87. The van der Waals surface area contributed by atoms with Crippen LogP contribution in [-0.4, -0.2) is 20.9 Å². The molecule has 1 rings (SSSR count). The lowest BCUT2D eigenvalue weighted by atomic mass is 10.2. The molecular weight excluding hydrogens is 156 g/mol. The molecule has 1 heterocycles. The van der Waals surface area contributed by atoms with Crippen LogP contribution in [-0.2, 0) is 24.7 Å². The molecule has 0 atom stereocenters. The SMILES string of the molecule is CCc1cc(CC(=O)O)n(C)n1. The van der Waals surface area contributed by atoms with E-state index in [0.29, 0.717) is 0 Å². The number of aliphatic carboxylic acids is 1. The van der Waals surface area contributed by atoms with E-state index >= 15 is 0 Å². The number of hydrogen-bond acceptors (Lipinski definition) is 2. The lowest BCUT2D eigenvalue weighted by Gasteiger charge is -1.94. The summed E-state index contributed by atoms with van der Waals surface area (Å²) in [5, 5.41) is 12.7. The maximum Gasteiger partial charge on any atom is 0.309 e. The Morgan fingerprint density at radius 2 is 2.42 bits per heavy atom. The van der Waals surface area contributed by atoms with Gasteiger partial charge in [-0.05, 0) is 12.5 Å². The Morgan fingerprint density at radius 3 is 2.83 bits per heavy atom. The van der Waals surface area contributed by atoms with Crippen LogP contribution in [0.15, 0.2) is 6.07 Å². The van der Waals surface area contributed by atoms with Gasteiger partial charge in [0.2, 0.25) is 0 Å². The molecule has 0 saturated heterocycles. The van der Waals surface area contributed by atoms with Crippen molar-refractivity contribution in [1.82, 2.24) is 9.78 Å². The van der Waals surface area contributed by atoms with Gasteiger partial charge in [0.15, 0.2) is 0 Å². The number of aromatic nitrogens is 2. The van der Waals surface area contributed by atoms with Gasteiger partial charge in [-0.25, -0.2) is 0 Å². The van der Waals surface area contributed by atoms with Crippen molar-refractivity contribution in [3.63, 3.8) is 0 Å². The highest BCUT2D eigenvalue weighted by molar-refractivity contribution is 5.69. The topological polar surface area (TPSA) is 55.1 Å². The van der Waals surface area contributed by atoms with Crippen molar-refractivity contribution in [2.24, 2.45) is 7.05 Å². The van der Waals surface area contributed by atoms with E-state index in [1.807, 2.05) is 13.0 Å². The zero-order chi connectivity index (χ0) is 9.14. The van der Waals surface area contributed by atoms with Crippen LogP contribution >= 0.6 is 0 Å². The van der Waals surface area contributed by atoms with Gasteiger partial charge in [-0.1, -0.05) is 6.92 Å². The van der Waals surface area contributed by atoms with Crippen LogP contribution in [0.1, 0.15) is 18.3 Å². The normalized spacial score (nSPS) is 10.2. The van der Waals surface area contributed by atoms with Crippen molar-refractivity contribution in [3.05, 3.63) is 17.5 Å². The zero-order valence-electron chi connectivity index (χ0n) is 7.24. The molecule has 0 spiro atoms. The fourth-order valence-corrected chi connectivity index (χ4v) is 1.06. The second-order valence-electron chi connectivity index (χ2n) is 2.67. The molecule has 4 nitrogen and oxygen atoms in total. The van der Waals surface area contributed by atoms with E-state index in [0.717, 1.165) is 17.8 Å². The number of carboxylic acids is 1. The minimum absolute atomic E-state index is 0.0451. The van der Waals surface area contributed by atoms with E-state index in [1.54, 1.807) is 11.7 Å². The van der Waals surface area contributed by atoms with E-state index in [-0.39, 0.29) is 6.42 Å². The van der Waals surface area contributed by atoms with Gasteiger partial charge >= 0.3 is 5.97 Å². The summed E-state index contributed by atoms with van der Waals surface area (Å²) < 4.78 is 1.62. The molecule has 0 aliphatic heterocycles. The maximum absolute atomic E-state index is 10.4. The van der Waals surface area contributed by atoms with E-state index in [2.05, 4.69) is 5.10 Å². The summed E-state index contributed by atoms with van der Waals surface area (Å²) in [6, 6.07) is 1.83. The van der Waals surface area contributed by atoms with Crippen molar-refractivity contribution in [2.75, 3.05) is 0 Å². The van der Waals surface area contributed by atoms with Crippen LogP contribution in [0.3, 0.4) is 0 Å². The summed E-state index contributed by atoms with van der Waals surface area (Å²) >= 11 is 0. The smallest absolute Gasteiger partial charge is 0.309 e. The number of carbonyl (C=O) groups is 1. The minimum atomic E-state index is -0.819. The molecule has 0 aliphatic carbocycles. The van der Waals surface area contributed by atoms with Gasteiger partial charge in [0, 0.05) is 12.7 Å². The van der Waals surface area contributed by atoms with Crippen molar-refractivity contribution in [3.8, 4) is 0 Å². The van der Waals surface area contributed by atoms with Gasteiger partial charge < -0.3 is 5.11 Å². The molecule has 4 heteroatoms. The molecule has 1 aromatic heterocycles.